The minimum atomic E-state index is -0.844. The van der Waals surface area contributed by atoms with Crippen LogP contribution in [0.25, 0.3) is 0 Å². The molecule has 0 heterocycles. The Kier molecular flexibility index (Phi) is 51.1. The fourth-order valence-electron chi connectivity index (χ4n) is 8.37. The van der Waals surface area contributed by atoms with Crippen molar-refractivity contribution in [1.82, 2.24) is 5.32 Å². The molecule has 2 atom stereocenters. The Morgan fingerprint density at radius 1 is 0.444 bits per heavy atom. The van der Waals surface area contributed by atoms with Gasteiger partial charge in [-0.3, -0.25) is 9.59 Å². The topological polar surface area (TPSA) is 95.9 Å². The standard InChI is InChI=1S/C57H107NO5/c1-3-5-7-9-11-13-14-15-16-17-22-25-28-31-35-39-43-47-51-57(62)63-52-48-44-40-36-32-29-26-23-20-18-19-21-24-27-30-34-38-42-46-50-56(61)58-54(53-59)55(60)49-45-41-37-33-12-10-8-6-4-2/h13-14,16-17,45,49,54-55,59-60H,3-12,15,18-44,46-48,50-53H2,1-2H3,(H,58,61)/b14-13-,17-16-,49-45+. The van der Waals surface area contributed by atoms with E-state index >= 15 is 0 Å². The second kappa shape index (κ2) is 52.7. The summed E-state index contributed by atoms with van der Waals surface area (Å²) in [6.07, 6.45) is 64.5. The Morgan fingerprint density at radius 2 is 0.794 bits per heavy atom. The summed E-state index contributed by atoms with van der Waals surface area (Å²) < 4.78 is 5.48. The zero-order valence-corrected chi connectivity index (χ0v) is 42.1. The molecule has 0 aliphatic carbocycles. The number of amides is 1. The van der Waals surface area contributed by atoms with Crippen molar-refractivity contribution in [1.29, 1.82) is 0 Å². The van der Waals surface area contributed by atoms with Crippen LogP contribution in [0, 0.1) is 0 Å². The molecule has 0 aliphatic rings. The lowest BCUT2D eigenvalue weighted by Crippen LogP contribution is -2.45. The van der Waals surface area contributed by atoms with Crippen LogP contribution in [-0.4, -0.2) is 47.4 Å². The number of aliphatic hydroxyl groups is 2. The van der Waals surface area contributed by atoms with Gasteiger partial charge in [-0.25, -0.2) is 0 Å². The van der Waals surface area contributed by atoms with Crippen LogP contribution >= 0.6 is 0 Å². The van der Waals surface area contributed by atoms with Crippen molar-refractivity contribution in [2.24, 2.45) is 0 Å². The molecule has 0 saturated heterocycles. The highest BCUT2D eigenvalue weighted by Crippen LogP contribution is 2.16. The van der Waals surface area contributed by atoms with Gasteiger partial charge in [0.05, 0.1) is 25.4 Å². The van der Waals surface area contributed by atoms with Crippen LogP contribution in [0.2, 0.25) is 0 Å². The molecule has 0 aliphatic heterocycles. The molecule has 0 aromatic rings. The number of carbonyl (C=O) groups is 2. The second-order valence-electron chi connectivity index (χ2n) is 18.9. The van der Waals surface area contributed by atoms with Gasteiger partial charge in [-0.15, -0.1) is 0 Å². The molecule has 2 unspecified atom stereocenters. The molecular weight excluding hydrogens is 779 g/mol. The summed E-state index contributed by atoms with van der Waals surface area (Å²) in [5.41, 5.74) is 0. The number of aliphatic hydroxyl groups excluding tert-OH is 2. The van der Waals surface area contributed by atoms with E-state index < -0.39 is 12.1 Å². The molecule has 0 rings (SSSR count). The number of nitrogens with one attached hydrogen (secondary N) is 1. The Morgan fingerprint density at radius 3 is 1.22 bits per heavy atom. The normalized spacial score (nSPS) is 12.9. The number of rotatable bonds is 51. The number of hydrogen-bond acceptors (Lipinski definition) is 5. The van der Waals surface area contributed by atoms with Crippen LogP contribution in [0.3, 0.4) is 0 Å². The first-order valence-electron chi connectivity index (χ1n) is 27.8. The van der Waals surface area contributed by atoms with E-state index in [1.54, 1.807) is 6.08 Å². The van der Waals surface area contributed by atoms with Crippen LogP contribution in [0.15, 0.2) is 36.5 Å². The van der Waals surface area contributed by atoms with Crippen LogP contribution in [0.4, 0.5) is 0 Å². The minimum absolute atomic E-state index is 0.000369. The molecule has 0 spiro atoms. The lowest BCUT2D eigenvalue weighted by molar-refractivity contribution is -0.143. The molecule has 0 bridgehead atoms. The van der Waals surface area contributed by atoms with Gasteiger partial charge in [0.1, 0.15) is 0 Å². The molecule has 0 aromatic heterocycles. The van der Waals surface area contributed by atoms with Gasteiger partial charge in [-0.05, 0) is 64.2 Å². The van der Waals surface area contributed by atoms with Gasteiger partial charge in [0.25, 0.3) is 0 Å². The molecule has 6 nitrogen and oxygen atoms in total. The highest BCUT2D eigenvalue weighted by Gasteiger charge is 2.18. The summed E-state index contributed by atoms with van der Waals surface area (Å²) >= 11 is 0. The van der Waals surface area contributed by atoms with E-state index in [1.807, 2.05) is 6.08 Å². The van der Waals surface area contributed by atoms with E-state index in [4.69, 9.17) is 4.74 Å². The fourth-order valence-corrected chi connectivity index (χ4v) is 8.37. The molecule has 3 N–H and O–H groups in total. The highest BCUT2D eigenvalue weighted by molar-refractivity contribution is 5.76. The van der Waals surface area contributed by atoms with Crippen molar-refractivity contribution in [3.8, 4) is 0 Å². The minimum Gasteiger partial charge on any atom is -0.466 e. The number of hydrogen-bond donors (Lipinski definition) is 3. The number of carbonyl (C=O) groups excluding carboxylic acids is 2. The fraction of sp³-hybridized carbons (Fsp3) is 0.860. The Bertz CT molecular complexity index is 1020. The highest BCUT2D eigenvalue weighted by atomic mass is 16.5. The average molecular weight is 886 g/mol. The van der Waals surface area contributed by atoms with Crippen LogP contribution in [0.1, 0.15) is 290 Å². The predicted molar refractivity (Wildman–Crippen MR) is 273 cm³/mol. The van der Waals surface area contributed by atoms with Crippen molar-refractivity contribution < 1.29 is 24.5 Å². The van der Waals surface area contributed by atoms with Gasteiger partial charge in [0.2, 0.25) is 5.91 Å². The Balaban J connectivity index is 3.39. The molecule has 63 heavy (non-hydrogen) atoms. The van der Waals surface area contributed by atoms with E-state index in [1.165, 1.54) is 212 Å². The Labute approximate surface area is 392 Å². The van der Waals surface area contributed by atoms with Crippen molar-refractivity contribution in [2.75, 3.05) is 13.2 Å². The van der Waals surface area contributed by atoms with Gasteiger partial charge in [0, 0.05) is 12.8 Å². The number of unbranched alkanes of at least 4 members (excludes halogenated alkanes) is 36. The summed E-state index contributed by atoms with van der Waals surface area (Å²) in [5.74, 6) is -0.0737. The maximum absolute atomic E-state index is 12.4. The molecule has 370 valence electrons. The van der Waals surface area contributed by atoms with E-state index in [0.29, 0.717) is 19.4 Å². The first-order chi connectivity index (χ1) is 31.0. The first-order valence-corrected chi connectivity index (χ1v) is 27.8. The zero-order valence-electron chi connectivity index (χ0n) is 42.1. The smallest absolute Gasteiger partial charge is 0.305 e. The van der Waals surface area contributed by atoms with E-state index in [-0.39, 0.29) is 18.5 Å². The molecule has 6 heteroatoms. The largest absolute Gasteiger partial charge is 0.466 e. The maximum Gasteiger partial charge on any atom is 0.305 e. The quantitative estimate of drug-likeness (QED) is 0.0321. The van der Waals surface area contributed by atoms with Gasteiger partial charge in [-0.1, -0.05) is 249 Å². The summed E-state index contributed by atoms with van der Waals surface area (Å²) in [7, 11) is 0. The van der Waals surface area contributed by atoms with E-state index in [9.17, 15) is 19.8 Å². The van der Waals surface area contributed by atoms with Crippen molar-refractivity contribution in [2.45, 2.75) is 302 Å². The van der Waals surface area contributed by atoms with Crippen molar-refractivity contribution >= 4 is 11.9 Å². The van der Waals surface area contributed by atoms with Gasteiger partial charge < -0.3 is 20.3 Å². The van der Waals surface area contributed by atoms with E-state index in [2.05, 4.69) is 43.5 Å². The third-order valence-electron chi connectivity index (χ3n) is 12.7. The molecule has 0 aromatic carbocycles. The lowest BCUT2D eigenvalue weighted by Gasteiger charge is -2.20. The third kappa shape index (κ3) is 49.4. The van der Waals surface area contributed by atoms with Crippen LogP contribution in [-0.2, 0) is 14.3 Å². The molecule has 0 fully saturated rings. The second-order valence-corrected chi connectivity index (χ2v) is 18.9. The monoisotopic (exact) mass is 886 g/mol. The van der Waals surface area contributed by atoms with Crippen LogP contribution < -0.4 is 5.32 Å². The first kappa shape index (κ1) is 61.1. The predicted octanol–water partition coefficient (Wildman–Crippen LogP) is 16.9. The summed E-state index contributed by atoms with van der Waals surface area (Å²) in [6, 6.07) is -0.628. The maximum atomic E-state index is 12.4. The molecule has 0 saturated carbocycles. The zero-order chi connectivity index (χ0) is 45.8. The average Bonchev–Trinajstić information content (AvgIpc) is 3.28. The van der Waals surface area contributed by atoms with Gasteiger partial charge in [-0.2, -0.15) is 0 Å². The summed E-state index contributed by atoms with van der Waals surface area (Å²) in [6.45, 7) is 4.85. The van der Waals surface area contributed by atoms with Crippen molar-refractivity contribution in [3.05, 3.63) is 36.5 Å². The molecule has 1 amide bonds. The number of ether oxygens (including phenoxy) is 1. The van der Waals surface area contributed by atoms with Crippen LogP contribution in [0.5, 0.6) is 0 Å². The Hall–Kier alpha value is -1.92. The lowest BCUT2D eigenvalue weighted by atomic mass is 10.0. The third-order valence-corrected chi connectivity index (χ3v) is 12.7. The number of allylic oxidation sites excluding steroid dienone is 5. The number of esters is 1. The molecule has 0 radical (unpaired) electrons. The summed E-state index contributed by atoms with van der Waals surface area (Å²) in [4.78, 5) is 24.4. The van der Waals surface area contributed by atoms with Gasteiger partial charge >= 0.3 is 5.97 Å². The van der Waals surface area contributed by atoms with E-state index in [0.717, 1.165) is 51.4 Å². The SMILES string of the molecule is CCCCCC/C=C\C/C=C\CCCCCCCCCC(=O)OCCCCCCCCCCCCCCCCCCCCCC(=O)NC(CO)C(O)/C=C/CCCCCCCCC. The van der Waals surface area contributed by atoms with Gasteiger partial charge in [0.15, 0.2) is 0 Å². The molecular formula is C57H107NO5. The summed E-state index contributed by atoms with van der Waals surface area (Å²) in [5, 5.41) is 22.9. The van der Waals surface area contributed by atoms with Crippen molar-refractivity contribution in [3.63, 3.8) is 0 Å².